The van der Waals surface area contributed by atoms with Gasteiger partial charge in [0.2, 0.25) is 10.0 Å². The maximum absolute atomic E-state index is 12.8. The minimum absolute atomic E-state index is 0.135. The number of nitrogens with two attached hydrogens (primary N) is 1. The molecule has 4 N–H and O–H groups in total. The lowest BCUT2D eigenvalue weighted by atomic mass is 10.2. The van der Waals surface area contributed by atoms with Gasteiger partial charge in [-0.2, -0.15) is 4.31 Å². The summed E-state index contributed by atoms with van der Waals surface area (Å²) in [6, 6.07) is 5.27. The fourth-order valence-electron chi connectivity index (χ4n) is 3.60. The molecule has 2 saturated heterocycles. The summed E-state index contributed by atoms with van der Waals surface area (Å²) < 4.78 is 26.7. The summed E-state index contributed by atoms with van der Waals surface area (Å²) in [7, 11) is -3.83. The molecule has 0 unspecified atom stereocenters. The summed E-state index contributed by atoms with van der Waals surface area (Å²) in [6.45, 7) is 3.46. The van der Waals surface area contributed by atoms with Gasteiger partial charge in [-0.25, -0.2) is 13.2 Å². The van der Waals surface area contributed by atoms with E-state index in [9.17, 15) is 23.1 Å². The van der Waals surface area contributed by atoms with Crippen molar-refractivity contribution in [3.8, 4) is 0 Å². The van der Waals surface area contributed by atoms with Crippen molar-refractivity contribution >= 4 is 32.8 Å². The summed E-state index contributed by atoms with van der Waals surface area (Å²) in [5, 5.41) is 13.6. The van der Waals surface area contributed by atoms with E-state index in [0.29, 0.717) is 23.6 Å². The molecule has 1 atom stereocenters. The summed E-state index contributed by atoms with van der Waals surface area (Å²) in [5.41, 5.74) is 5.03. The summed E-state index contributed by atoms with van der Waals surface area (Å²) in [4.78, 5) is 27.5. The molecule has 11 heteroatoms. The van der Waals surface area contributed by atoms with Crippen LogP contribution in [-0.4, -0.2) is 78.5 Å². The van der Waals surface area contributed by atoms with Gasteiger partial charge in [0.05, 0.1) is 4.90 Å². The Morgan fingerprint density at radius 1 is 1.17 bits per heavy atom. The van der Waals surface area contributed by atoms with E-state index < -0.39 is 22.0 Å². The van der Waals surface area contributed by atoms with Crippen LogP contribution in [0, 0.1) is 0 Å². The minimum atomic E-state index is -3.83. The molecule has 4 rings (SSSR count). The molecule has 2 aromatic rings. The molecule has 0 bridgehead atoms. The first-order valence-electron chi connectivity index (χ1n) is 9.65. The number of piperazine rings is 1. The highest BCUT2D eigenvalue weighted by molar-refractivity contribution is 7.89. The van der Waals surface area contributed by atoms with Crippen molar-refractivity contribution in [1.82, 2.24) is 19.5 Å². The number of carbonyl (C=O) groups excluding carboxylic acids is 1. The summed E-state index contributed by atoms with van der Waals surface area (Å²) in [6.07, 6.45) is 4.02. The molecule has 0 saturated carbocycles. The fourth-order valence-corrected chi connectivity index (χ4v) is 5.47. The van der Waals surface area contributed by atoms with E-state index in [1.165, 1.54) is 12.3 Å². The molecule has 0 aliphatic carbocycles. The highest BCUT2D eigenvalue weighted by atomic mass is 32.2. The van der Waals surface area contributed by atoms with Gasteiger partial charge >= 0.3 is 12.0 Å². The molecule has 2 amide bonds. The predicted molar refractivity (Wildman–Crippen MR) is 110 cm³/mol. The second-order valence-electron chi connectivity index (χ2n) is 7.04. The number of nitrogens with zero attached hydrogens (tertiary/aromatic N) is 3. The highest BCUT2D eigenvalue weighted by Gasteiger charge is 2.39. The SMILES string of the molecule is NC(=O)N1CCNCC1.O=C(O)[C@@H]1CCCN1S(=O)(=O)c1cccc2cnccc12. The van der Waals surface area contributed by atoms with Crippen molar-refractivity contribution in [3.63, 3.8) is 0 Å². The number of fused-ring (bicyclic) bond motifs is 1. The normalized spacial score (nSPS) is 19.9. The lowest BCUT2D eigenvalue weighted by molar-refractivity contribution is -0.140. The van der Waals surface area contributed by atoms with Crippen molar-refractivity contribution in [2.24, 2.45) is 5.73 Å². The quantitative estimate of drug-likeness (QED) is 0.634. The number of carbonyl (C=O) groups is 2. The van der Waals surface area contributed by atoms with Gasteiger partial charge < -0.3 is 21.1 Å². The smallest absolute Gasteiger partial charge is 0.322 e. The largest absolute Gasteiger partial charge is 0.480 e. The first-order chi connectivity index (χ1) is 14.3. The number of benzene rings is 1. The average Bonchev–Trinajstić information content (AvgIpc) is 3.26. The van der Waals surface area contributed by atoms with Gasteiger partial charge in [-0.15, -0.1) is 0 Å². The van der Waals surface area contributed by atoms with Crippen LogP contribution in [0.2, 0.25) is 0 Å². The number of carboxylic acid groups (broad SMARTS) is 1. The molecular weight excluding hydrogens is 410 g/mol. The predicted octanol–water partition coefficient (Wildman–Crippen LogP) is 0.443. The molecule has 162 valence electrons. The van der Waals surface area contributed by atoms with Crippen molar-refractivity contribution < 1.29 is 23.1 Å². The van der Waals surface area contributed by atoms with Crippen LogP contribution in [0.4, 0.5) is 4.79 Å². The van der Waals surface area contributed by atoms with Crippen LogP contribution in [0.3, 0.4) is 0 Å². The van der Waals surface area contributed by atoms with Gasteiger partial charge in [0.25, 0.3) is 0 Å². The van der Waals surface area contributed by atoms with Crippen LogP contribution in [-0.2, 0) is 14.8 Å². The first-order valence-corrected chi connectivity index (χ1v) is 11.1. The number of hydrogen-bond donors (Lipinski definition) is 3. The zero-order valence-electron chi connectivity index (χ0n) is 16.4. The van der Waals surface area contributed by atoms with Crippen molar-refractivity contribution in [3.05, 3.63) is 36.7 Å². The zero-order chi connectivity index (χ0) is 21.7. The molecule has 0 radical (unpaired) electrons. The van der Waals surface area contributed by atoms with Gasteiger partial charge in [0.15, 0.2) is 0 Å². The Bertz CT molecular complexity index is 1020. The maximum Gasteiger partial charge on any atom is 0.322 e. The third kappa shape index (κ3) is 4.69. The second-order valence-corrected chi connectivity index (χ2v) is 8.90. The number of nitrogens with one attached hydrogen (secondary N) is 1. The van der Waals surface area contributed by atoms with Crippen LogP contribution in [0.15, 0.2) is 41.6 Å². The second kappa shape index (κ2) is 9.37. The van der Waals surface area contributed by atoms with Gasteiger partial charge in [0, 0.05) is 55.9 Å². The molecule has 3 heterocycles. The average molecular weight is 436 g/mol. The Morgan fingerprint density at radius 2 is 1.90 bits per heavy atom. The van der Waals surface area contributed by atoms with Crippen molar-refractivity contribution in [2.45, 2.75) is 23.8 Å². The van der Waals surface area contributed by atoms with Crippen LogP contribution in [0.1, 0.15) is 12.8 Å². The number of aliphatic carboxylic acids is 1. The van der Waals surface area contributed by atoms with Crippen LogP contribution < -0.4 is 11.1 Å². The molecule has 2 aliphatic rings. The van der Waals surface area contributed by atoms with E-state index in [0.717, 1.165) is 30.5 Å². The van der Waals surface area contributed by atoms with E-state index in [1.54, 1.807) is 29.3 Å². The molecule has 2 fully saturated rings. The van der Waals surface area contributed by atoms with Crippen LogP contribution in [0.25, 0.3) is 10.8 Å². The van der Waals surface area contributed by atoms with Crippen LogP contribution >= 0.6 is 0 Å². The Labute approximate surface area is 174 Å². The minimum Gasteiger partial charge on any atom is -0.480 e. The molecule has 2 aliphatic heterocycles. The van der Waals surface area contributed by atoms with Crippen LogP contribution in [0.5, 0.6) is 0 Å². The van der Waals surface area contributed by atoms with Crippen molar-refractivity contribution in [1.29, 1.82) is 0 Å². The number of carboxylic acids is 1. The fraction of sp³-hybridized carbons (Fsp3) is 0.421. The lowest BCUT2D eigenvalue weighted by Gasteiger charge is -2.25. The lowest BCUT2D eigenvalue weighted by Crippen LogP contribution is -2.48. The summed E-state index contributed by atoms with van der Waals surface area (Å²) >= 11 is 0. The van der Waals surface area contributed by atoms with E-state index >= 15 is 0 Å². The first kappa shape index (κ1) is 21.9. The number of amides is 2. The summed E-state index contributed by atoms with van der Waals surface area (Å²) in [5.74, 6) is -1.10. The number of pyridine rings is 1. The van der Waals surface area contributed by atoms with E-state index in [-0.39, 0.29) is 17.5 Å². The molecule has 30 heavy (non-hydrogen) atoms. The van der Waals surface area contributed by atoms with E-state index in [1.807, 2.05) is 0 Å². The Balaban J connectivity index is 0.000000239. The number of primary amides is 1. The van der Waals surface area contributed by atoms with Gasteiger partial charge in [-0.05, 0) is 25.0 Å². The van der Waals surface area contributed by atoms with Gasteiger partial charge in [-0.1, -0.05) is 12.1 Å². The number of sulfonamides is 1. The van der Waals surface area contributed by atoms with Crippen molar-refractivity contribution in [2.75, 3.05) is 32.7 Å². The monoisotopic (exact) mass is 435 g/mol. The third-order valence-electron chi connectivity index (χ3n) is 5.14. The number of hydrogen-bond acceptors (Lipinski definition) is 6. The Kier molecular flexibility index (Phi) is 6.85. The molecule has 1 aromatic heterocycles. The van der Waals surface area contributed by atoms with Gasteiger partial charge in [-0.3, -0.25) is 9.78 Å². The van der Waals surface area contributed by atoms with E-state index in [2.05, 4.69) is 10.3 Å². The number of aromatic nitrogens is 1. The molecule has 0 spiro atoms. The number of urea groups is 1. The third-order valence-corrected chi connectivity index (χ3v) is 7.11. The van der Waals surface area contributed by atoms with E-state index in [4.69, 9.17) is 5.73 Å². The standard InChI is InChI=1S/C14H14N2O4S.C5H11N3O/c17-14(18)12-4-2-8-16(12)21(19,20)13-5-1-3-10-9-15-7-6-11(10)13;6-5(9)8-3-1-7-2-4-8/h1,3,5-7,9,12H,2,4,8H2,(H,17,18);7H,1-4H2,(H2,6,9)/t12-;/m0./s1. The topological polar surface area (TPSA) is 146 Å². The highest BCUT2D eigenvalue weighted by Crippen LogP contribution is 2.30. The van der Waals surface area contributed by atoms with Gasteiger partial charge in [0.1, 0.15) is 6.04 Å². The molecule has 1 aromatic carbocycles. The Morgan fingerprint density at radius 3 is 2.53 bits per heavy atom. The number of rotatable bonds is 3. The maximum atomic E-state index is 12.8. The zero-order valence-corrected chi connectivity index (χ0v) is 17.2. The molecule has 10 nitrogen and oxygen atoms in total. The Hall–Kier alpha value is -2.76. The molecular formula is C19H25N5O5S.